The molecule has 0 saturated carbocycles. The molecule has 0 saturated heterocycles. The third kappa shape index (κ3) is 5.34. The van der Waals surface area contributed by atoms with Crippen molar-refractivity contribution in [3.8, 4) is 0 Å². The lowest BCUT2D eigenvalue weighted by Gasteiger charge is -2.14. The Hall–Kier alpha value is -2.83. The Morgan fingerprint density at radius 2 is 1.77 bits per heavy atom. The highest BCUT2D eigenvalue weighted by Crippen LogP contribution is 2.30. The number of alkyl halides is 3. The second kappa shape index (κ2) is 8.51. The minimum absolute atomic E-state index is 0.0176. The Kier molecular flexibility index (Phi) is 6.38. The molecule has 26 heavy (non-hydrogen) atoms. The van der Waals surface area contributed by atoms with Crippen LogP contribution >= 0.6 is 0 Å². The first-order valence-electron chi connectivity index (χ1n) is 8.00. The summed E-state index contributed by atoms with van der Waals surface area (Å²) in [5.74, 6) is -1.77. The molecular weight excluding hydrogens is 347 g/mol. The van der Waals surface area contributed by atoms with Gasteiger partial charge in [-0.15, -0.1) is 0 Å². The Morgan fingerprint density at radius 3 is 2.38 bits per heavy atom. The van der Waals surface area contributed by atoms with E-state index in [4.69, 9.17) is 4.74 Å². The van der Waals surface area contributed by atoms with Gasteiger partial charge in [0.25, 0.3) is 5.91 Å². The molecule has 0 bridgehead atoms. The van der Waals surface area contributed by atoms with Gasteiger partial charge in [0.05, 0.1) is 11.5 Å². The molecule has 0 fully saturated rings. The van der Waals surface area contributed by atoms with E-state index < -0.39 is 36.1 Å². The third-order valence-electron chi connectivity index (χ3n) is 3.71. The number of hydrogen-bond donors (Lipinski definition) is 1. The van der Waals surface area contributed by atoms with E-state index in [0.717, 1.165) is 17.7 Å². The van der Waals surface area contributed by atoms with Crippen LogP contribution in [0.15, 0.2) is 54.6 Å². The van der Waals surface area contributed by atoms with Gasteiger partial charge in [-0.1, -0.05) is 43.3 Å². The molecule has 0 radical (unpaired) electrons. The normalized spacial score (nSPS) is 12.3. The van der Waals surface area contributed by atoms with Gasteiger partial charge in [-0.25, -0.2) is 0 Å². The van der Waals surface area contributed by atoms with Crippen molar-refractivity contribution in [1.82, 2.24) is 0 Å². The molecule has 0 aliphatic rings. The van der Waals surface area contributed by atoms with Crippen molar-refractivity contribution < 1.29 is 27.5 Å². The van der Waals surface area contributed by atoms with Crippen molar-refractivity contribution in [1.29, 1.82) is 0 Å². The molecule has 0 aliphatic carbocycles. The predicted octanol–water partition coefficient (Wildman–Crippen LogP) is 4.38. The first kappa shape index (κ1) is 19.5. The van der Waals surface area contributed by atoms with Crippen LogP contribution < -0.4 is 5.32 Å². The average Bonchev–Trinajstić information content (AvgIpc) is 2.61. The van der Waals surface area contributed by atoms with Crippen molar-refractivity contribution in [3.63, 3.8) is 0 Å². The highest BCUT2D eigenvalue weighted by Gasteiger charge is 2.30. The molecule has 1 N–H and O–H groups in total. The van der Waals surface area contributed by atoms with E-state index >= 15 is 0 Å². The smallest absolute Gasteiger partial charge is 0.416 e. The standard InChI is InChI=1S/C19H18F3NO3/c1-2-16(13-7-4-3-5-8-13)18(25)26-12-17(24)23-15-10-6-9-14(11-15)19(20,21)22/h3-11,16H,2,12H2,1H3,(H,23,24)/t16-/m1/s1. The lowest BCUT2D eigenvalue weighted by Crippen LogP contribution is -2.24. The van der Waals surface area contributed by atoms with Crippen LogP contribution in [-0.4, -0.2) is 18.5 Å². The third-order valence-corrected chi connectivity index (χ3v) is 3.71. The lowest BCUT2D eigenvalue weighted by atomic mass is 9.97. The number of nitrogens with one attached hydrogen (secondary N) is 1. The Bertz CT molecular complexity index is 760. The van der Waals surface area contributed by atoms with Crippen molar-refractivity contribution in [2.45, 2.75) is 25.4 Å². The number of ether oxygens (including phenoxy) is 1. The van der Waals surface area contributed by atoms with E-state index in [-0.39, 0.29) is 5.69 Å². The largest absolute Gasteiger partial charge is 0.455 e. The Balaban J connectivity index is 1.93. The fourth-order valence-corrected chi connectivity index (χ4v) is 2.43. The average molecular weight is 365 g/mol. The van der Waals surface area contributed by atoms with Gasteiger partial charge in [-0.05, 0) is 30.2 Å². The van der Waals surface area contributed by atoms with E-state index in [1.165, 1.54) is 12.1 Å². The van der Waals surface area contributed by atoms with Crippen LogP contribution in [0.4, 0.5) is 18.9 Å². The monoisotopic (exact) mass is 365 g/mol. The van der Waals surface area contributed by atoms with E-state index in [9.17, 15) is 22.8 Å². The van der Waals surface area contributed by atoms with Gasteiger partial charge in [-0.3, -0.25) is 9.59 Å². The second-order valence-electron chi connectivity index (χ2n) is 5.61. The van der Waals surface area contributed by atoms with Crippen molar-refractivity contribution in [2.75, 3.05) is 11.9 Å². The van der Waals surface area contributed by atoms with Gasteiger partial charge < -0.3 is 10.1 Å². The van der Waals surface area contributed by atoms with E-state index in [1.54, 1.807) is 24.3 Å². The summed E-state index contributed by atoms with van der Waals surface area (Å²) in [4.78, 5) is 24.0. The van der Waals surface area contributed by atoms with Gasteiger partial charge in [0, 0.05) is 5.69 Å². The summed E-state index contributed by atoms with van der Waals surface area (Å²) in [6.45, 7) is 1.25. The molecule has 4 nitrogen and oxygen atoms in total. The van der Waals surface area contributed by atoms with Gasteiger partial charge in [0.15, 0.2) is 6.61 Å². The molecule has 138 valence electrons. The lowest BCUT2D eigenvalue weighted by molar-refractivity contribution is -0.149. The number of benzene rings is 2. The topological polar surface area (TPSA) is 55.4 Å². The van der Waals surface area contributed by atoms with Crippen LogP contribution in [0.3, 0.4) is 0 Å². The van der Waals surface area contributed by atoms with Crippen molar-refractivity contribution in [3.05, 3.63) is 65.7 Å². The van der Waals surface area contributed by atoms with E-state index in [0.29, 0.717) is 6.42 Å². The minimum Gasteiger partial charge on any atom is -0.455 e. The summed E-state index contributed by atoms with van der Waals surface area (Å²) in [6.07, 6.45) is -4.00. The van der Waals surface area contributed by atoms with Gasteiger partial charge in [0.2, 0.25) is 0 Å². The zero-order valence-electron chi connectivity index (χ0n) is 14.0. The molecule has 0 unspecified atom stereocenters. The fraction of sp³-hybridized carbons (Fsp3) is 0.263. The van der Waals surface area contributed by atoms with Crippen molar-refractivity contribution >= 4 is 17.6 Å². The molecule has 7 heteroatoms. The highest BCUT2D eigenvalue weighted by molar-refractivity contribution is 5.93. The van der Waals surface area contributed by atoms with Crippen LogP contribution in [0.1, 0.15) is 30.4 Å². The van der Waals surface area contributed by atoms with Gasteiger partial charge in [-0.2, -0.15) is 13.2 Å². The van der Waals surface area contributed by atoms with Gasteiger partial charge in [0.1, 0.15) is 0 Å². The maximum atomic E-state index is 12.7. The zero-order valence-corrected chi connectivity index (χ0v) is 14.0. The maximum absolute atomic E-state index is 12.7. The van der Waals surface area contributed by atoms with E-state index in [1.807, 2.05) is 13.0 Å². The molecule has 0 aromatic heterocycles. The highest BCUT2D eigenvalue weighted by atomic mass is 19.4. The number of carbonyl (C=O) groups excluding carboxylic acids is 2. The molecule has 2 rings (SSSR count). The number of esters is 1. The number of hydrogen-bond acceptors (Lipinski definition) is 3. The first-order chi connectivity index (χ1) is 12.3. The summed E-state index contributed by atoms with van der Waals surface area (Å²) in [5, 5.41) is 2.29. The quantitative estimate of drug-likeness (QED) is 0.773. The van der Waals surface area contributed by atoms with Crippen LogP contribution in [0, 0.1) is 0 Å². The van der Waals surface area contributed by atoms with Crippen LogP contribution in [0.25, 0.3) is 0 Å². The molecule has 1 amide bonds. The Labute approximate surface area is 149 Å². The number of anilines is 1. The zero-order chi connectivity index (χ0) is 19.2. The predicted molar refractivity (Wildman–Crippen MR) is 90.5 cm³/mol. The minimum atomic E-state index is -4.50. The molecule has 0 heterocycles. The fourth-order valence-electron chi connectivity index (χ4n) is 2.43. The number of carbonyl (C=O) groups is 2. The number of halogens is 3. The molecular formula is C19H18F3NO3. The van der Waals surface area contributed by atoms with Crippen LogP contribution in [0.5, 0.6) is 0 Å². The number of amides is 1. The Morgan fingerprint density at radius 1 is 1.08 bits per heavy atom. The summed E-state index contributed by atoms with van der Waals surface area (Å²) in [6, 6.07) is 13.2. The van der Waals surface area contributed by atoms with Crippen LogP contribution in [-0.2, 0) is 20.5 Å². The molecule has 0 aliphatic heterocycles. The number of rotatable bonds is 6. The molecule has 2 aromatic rings. The first-order valence-corrected chi connectivity index (χ1v) is 8.00. The van der Waals surface area contributed by atoms with Crippen LogP contribution in [0.2, 0.25) is 0 Å². The summed E-state index contributed by atoms with van der Waals surface area (Å²) >= 11 is 0. The van der Waals surface area contributed by atoms with Gasteiger partial charge >= 0.3 is 12.1 Å². The maximum Gasteiger partial charge on any atom is 0.416 e. The van der Waals surface area contributed by atoms with Crippen molar-refractivity contribution in [2.24, 2.45) is 0 Å². The molecule has 2 aromatic carbocycles. The molecule has 0 spiro atoms. The van der Waals surface area contributed by atoms with E-state index in [2.05, 4.69) is 5.32 Å². The molecule has 1 atom stereocenters. The summed E-state index contributed by atoms with van der Waals surface area (Å²) < 4.78 is 43.0. The summed E-state index contributed by atoms with van der Waals surface area (Å²) in [5.41, 5.74) is -0.114. The second-order valence-corrected chi connectivity index (χ2v) is 5.61. The summed E-state index contributed by atoms with van der Waals surface area (Å²) in [7, 11) is 0. The SMILES string of the molecule is CC[C@@H](C(=O)OCC(=O)Nc1cccc(C(F)(F)F)c1)c1ccccc1.